The molecule has 4 rings (SSSR count). The molecule has 0 fully saturated rings. The van der Waals surface area contributed by atoms with Gasteiger partial charge in [-0.15, -0.1) is 11.3 Å². The zero-order valence-electron chi connectivity index (χ0n) is 18.3. The maximum Gasteiger partial charge on any atom is 0.303 e. The van der Waals surface area contributed by atoms with Crippen molar-refractivity contribution in [2.24, 2.45) is 0 Å². The molecule has 0 saturated heterocycles. The number of fused-ring (bicyclic) bond motifs is 1. The van der Waals surface area contributed by atoms with Gasteiger partial charge in [0.1, 0.15) is 10.8 Å². The Morgan fingerprint density at radius 3 is 2.75 bits per heavy atom. The molecule has 1 heterocycles. The molecule has 0 amide bonds. The Balaban J connectivity index is 1.26. The fraction of sp³-hybridized carbons (Fsp3) is 0.360. The summed E-state index contributed by atoms with van der Waals surface area (Å²) in [6.45, 7) is 3.03. The van der Waals surface area contributed by atoms with Crippen LogP contribution in [0.4, 0.5) is 0 Å². The molecular formula is C25H27NO5S. The summed E-state index contributed by atoms with van der Waals surface area (Å²) in [7, 11) is 1.64. The van der Waals surface area contributed by atoms with Crippen LogP contribution >= 0.6 is 11.3 Å². The maximum absolute atomic E-state index is 11.0. The number of aromatic nitrogens is 1. The Labute approximate surface area is 191 Å². The highest BCUT2D eigenvalue weighted by Crippen LogP contribution is 2.37. The zero-order valence-corrected chi connectivity index (χ0v) is 19.1. The van der Waals surface area contributed by atoms with E-state index in [0.717, 1.165) is 46.8 Å². The Kier molecular flexibility index (Phi) is 6.95. The van der Waals surface area contributed by atoms with Gasteiger partial charge in [0, 0.05) is 23.1 Å². The first-order chi connectivity index (χ1) is 15.5. The topological polar surface area (TPSA) is 77.9 Å². The normalized spacial score (nSPS) is 14.8. The molecule has 32 heavy (non-hydrogen) atoms. The van der Waals surface area contributed by atoms with Crippen LogP contribution in [0.15, 0.2) is 41.8 Å². The minimum atomic E-state index is -0.743. The van der Waals surface area contributed by atoms with E-state index < -0.39 is 5.97 Å². The molecule has 1 aromatic heterocycles. The first-order valence-corrected chi connectivity index (χ1v) is 11.6. The lowest BCUT2D eigenvalue weighted by molar-refractivity contribution is -0.137. The average Bonchev–Trinajstić information content (AvgIpc) is 3.39. The second kappa shape index (κ2) is 10.0. The second-order valence-electron chi connectivity index (χ2n) is 7.90. The number of aliphatic carboxylic acids is 1. The minimum absolute atomic E-state index is 0.117. The largest absolute Gasteiger partial charge is 0.493 e. The summed E-state index contributed by atoms with van der Waals surface area (Å²) in [5.41, 5.74) is 4.36. The number of hydrogen-bond donors (Lipinski definition) is 1. The first kappa shape index (κ1) is 22.1. The van der Waals surface area contributed by atoms with E-state index in [0.29, 0.717) is 24.7 Å². The predicted octanol–water partition coefficient (Wildman–Crippen LogP) is 5.48. The van der Waals surface area contributed by atoms with Gasteiger partial charge in [-0.2, -0.15) is 0 Å². The number of ether oxygens (including phenoxy) is 3. The molecule has 168 valence electrons. The minimum Gasteiger partial charge on any atom is -0.493 e. The Bertz CT molecular complexity index is 1090. The summed E-state index contributed by atoms with van der Waals surface area (Å²) >= 11 is 1.61. The van der Waals surface area contributed by atoms with Crippen LogP contribution in [-0.2, 0) is 11.2 Å². The van der Waals surface area contributed by atoms with Crippen LogP contribution < -0.4 is 14.2 Å². The van der Waals surface area contributed by atoms with Crippen molar-refractivity contribution in [3.8, 4) is 27.8 Å². The second-order valence-corrected chi connectivity index (χ2v) is 8.76. The lowest BCUT2D eigenvalue weighted by Crippen LogP contribution is -2.06. The van der Waals surface area contributed by atoms with Gasteiger partial charge in [-0.05, 0) is 67.1 Å². The van der Waals surface area contributed by atoms with Crippen LogP contribution in [0.3, 0.4) is 0 Å². The number of hydrogen-bond acceptors (Lipinski definition) is 6. The van der Waals surface area contributed by atoms with Gasteiger partial charge in [-0.1, -0.05) is 6.07 Å². The van der Waals surface area contributed by atoms with Crippen molar-refractivity contribution in [1.82, 2.24) is 4.98 Å². The third-order valence-electron chi connectivity index (χ3n) is 5.58. The van der Waals surface area contributed by atoms with Gasteiger partial charge in [0.05, 0.1) is 26.7 Å². The summed E-state index contributed by atoms with van der Waals surface area (Å²) in [5.74, 6) is 1.58. The van der Waals surface area contributed by atoms with Gasteiger partial charge < -0.3 is 19.3 Å². The number of rotatable bonds is 10. The zero-order chi connectivity index (χ0) is 22.5. The third-order valence-corrected chi connectivity index (χ3v) is 6.59. The third kappa shape index (κ3) is 5.22. The number of benzene rings is 2. The fourth-order valence-electron chi connectivity index (χ4n) is 4.03. The van der Waals surface area contributed by atoms with Crippen LogP contribution in [0.2, 0.25) is 0 Å². The van der Waals surface area contributed by atoms with Crippen molar-refractivity contribution < 1.29 is 24.1 Å². The number of nitrogens with zero attached hydrogens (tertiary/aromatic N) is 1. The van der Waals surface area contributed by atoms with Crippen LogP contribution in [-0.4, -0.2) is 36.4 Å². The van der Waals surface area contributed by atoms with Gasteiger partial charge in [0.2, 0.25) is 0 Å². The molecule has 2 aromatic carbocycles. The van der Waals surface area contributed by atoms with E-state index >= 15 is 0 Å². The van der Waals surface area contributed by atoms with E-state index in [1.165, 1.54) is 5.56 Å². The molecule has 7 heteroatoms. The number of carbonyl (C=O) groups is 1. The molecule has 3 aromatic rings. The predicted molar refractivity (Wildman–Crippen MR) is 124 cm³/mol. The molecule has 1 N–H and O–H groups in total. The Morgan fingerprint density at radius 2 is 2.00 bits per heavy atom. The van der Waals surface area contributed by atoms with Crippen molar-refractivity contribution in [3.05, 3.63) is 58.6 Å². The molecule has 0 spiro atoms. The van der Waals surface area contributed by atoms with Crippen LogP contribution in [0.1, 0.15) is 42.0 Å². The van der Waals surface area contributed by atoms with Gasteiger partial charge in [-0.25, -0.2) is 4.98 Å². The van der Waals surface area contributed by atoms with E-state index in [4.69, 9.17) is 19.3 Å². The highest BCUT2D eigenvalue weighted by molar-refractivity contribution is 7.13. The molecule has 0 aliphatic heterocycles. The van der Waals surface area contributed by atoms with Gasteiger partial charge in [0.25, 0.3) is 0 Å². The molecule has 0 bridgehead atoms. The number of carboxylic acids is 1. The monoisotopic (exact) mass is 453 g/mol. The lowest BCUT2D eigenvalue weighted by atomic mass is 9.98. The summed E-state index contributed by atoms with van der Waals surface area (Å²) in [6.07, 6.45) is 2.72. The fourth-order valence-corrected chi connectivity index (χ4v) is 4.83. The quantitative estimate of drug-likeness (QED) is 0.410. The molecule has 1 atom stereocenters. The van der Waals surface area contributed by atoms with Crippen molar-refractivity contribution in [2.45, 2.75) is 38.5 Å². The SMILES string of the molecule is COc1cc(-c2nc(C)cs2)ccc1OCCCOc1ccc2c(c1)CC[C@H]2CC(=O)O. The highest BCUT2D eigenvalue weighted by atomic mass is 32.1. The van der Waals surface area contributed by atoms with Gasteiger partial charge in [0.15, 0.2) is 11.5 Å². The maximum atomic E-state index is 11.0. The smallest absolute Gasteiger partial charge is 0.303 e. The highest BCUT2D eigenvalue weighted by Gasteiger charge is 2.24. The summed E-state index contributed by atoms with van der Waals surface area (Å²) in [6, 6.07) is 11.8. The number of carboxylic acid groups (broad SMARTS) is 1. The Hall–Kier alpha value is -3.06. The van der Waals surface area contributed by atoms with E-state index in [-0.39, 0.29) is 12.3 Å². The van der Waals surface area contributed by atoms with E-state index in [1.54, 1.807) is 18.4 Å². The van der Waals surface area contributed by atoms with E-state index in [2.05, 4.69) is 4.98 Å². The summed E-state index contributed by atoms with van der Waals surface area (Å²) in [5, 5.41) is 12.0. The van der Waals surface area contributed by atoms with Gasteiger partial charge >= 0.3 is 5.97 Å². The summed E-state index contributed by atoms with van der Waals surface area (Å²) in [4.78, 5) is 15.5. The molecule has 0 saturated carbocycles. The molecule has 6 nitrogen and oxygen atoms in total. The standard InChI is InChI=1S/C25H27NO5S/c1-16-15-32-25(26-16)19-6-9-22(23(13-19)29-2)31-11-3-10-30-20-7-8-21-17(12-20)4-5-18(21)14-24(27)28/h6-9,12-13,15,18H,3-5,10-11,14H2,1-2H3,(H,27,28)/t18-/m0/s1. The van der Waals surface area contributed by atoms with Crippen molar-refractivity contribution >= 4 is 17.3 Å². The van der Waals surface area contributed by atoms with E-state index in [1.807, 2.05) is 48.7 Å². The van der Waals surface area contributed by atoms with Gasteiger partial charge in [-0.3, -0.25) is 4.79 Å². The molecule has 0 radical (unpaired) electrons. The lowest BCUT2D eigenvalue weighted by Gasteiger charge is -2.13. The average molecular weight is 454 g/mol. The van der Waals surface area contributed by atoms with Crippen LogP contribution in [0, 0.1) is 6.92 Å². The van der Waals surface area contributed by atoms with E-state index in [9.17, 15) is 4.79 Å². The van der Waals surface area contributed by atoms with Crippen LogP contribution in [0.25, 0.3) is 10.6 Å². The van der Waals surface area contributed by atoms with Crippen LogP contribution in [0.5, 0.6) is 17.2 Å². The van der Waals surface area contributed by atoms with Crippen molar-refractivity contribution in [1.29, 1.82) is 0 Å². The molecule has 0 unspecified atom stereocenters. The number of thiazole rings is 1. The van der Waals surface area contributed by atoms with Crippen molar-refractivity contribution in [2.75, 3.05) is 20.3 Å². The molecule has 1 aliphatic carbocycles. The molecular weight excluding hydrogens is 426 g/mol. The number of methoxy groups -OCH3 is 1. The van der Waals surface area contributed by atoms with Crippen molar-refractivity contribution in [3.63, 3.8) is 0 Å². The Morgan fingerprint density at radius 1 is 1.16 bits per heavy atom. The molecule has 1 aliphatic rings. The number of aryl methyl sites for hydroxylation is 2. The summed E-state index contributed by atoms with van der Waals surface area (Å²) < 4.78 is 17.3. The first-order valence-electron chi connectivity index (χ1n) is 10.7.